The molecule has 4 nitrogen and oxygen atoms in total. The van der Waals surface area contributed by atoms with Crippen molar-refractivity contribution >= 4 is 5.91 Å². The van der Waals surface area contributed by atoms with Crippen molar-refractivity contribution in [3.05, 3.63) is 35.9 Å². The summed E-state index contributed by atoms with van der Waals surface area (Å²) in [6.07, 6.45) is 0.648. The molecule has 0 saturated carbocycles. The predicted octanol–water partition coefficient (Wildman–Crippen LogP) is 0.421. The second kappa shape index (κ2) is 4.63. The van der Waals surface area contributed by atoms with Crippen LogP contribution >= 0.6 is 0 Å². The SMILES string of the molecule is NC(=O)[C@@]1(NCc2ccccc2)CCOC1. The van der Waals surface area contributed by atoms with Crippen LogP contribution in [0.25, 0.3) is 0 Å². The summed E-state index contributed by atoms with van der Waals surface area (Å²) in [6.45, 7) is 1.59. The van der Waals surface area contributed by atoms with Crippen LogP contribution in [-0.4, -0.2) is 24.7 Å². The number of ether oxygens (including phenoxy) is 1. The van der Waals surface area contributed by atoms with Gasteiger partial charge in [-0.05, 0) is 5.56 Å². The van der Waals surface area contributed by atoms with Gasteiger partial charge in [-0.25, -0.2) is 0 Å². The molecule has 3 N–H and O–H groups in total. The molecule has 1 saturated heterocycles. The maximum absolute atomic E-state index is 11.4. The zero-order valence-corrected chi connectivity index (χ0v) is 9.11. The van der Waals surface area contributed by atoms with Crippen LogP contribution in [0.2, 0.25) is 0 Å². The van der Waals surface area contributed by atoms with Gasteiger partial charge < -0.3 is 10.5 Å². The molecule has 0 aromatic heterocycles. The van der Waals surface area contributed by atoms with Crippen LogP contribution in [0, 0.1) is 0 Å². The van der Waals surface area contributed by atoms with Gasteiger partial charge in [-0.3, -0.25) is 10.1 Å². The zero-order valence-electron chi connectivity index (χ0n) is 9.11. The first-order valence-electron chi connectivity index (χ1n) is 5.40. The summed E-state index contributed by atoms with van der Waals surface area (Å²) >= 11 is 0. The molecule has 4 heteroatoms. The van der Waals surface area contributed by atoms with E-state index >= 15 is 0 Å². The minimum Gasteiger partial charge on any atom is -0.379 e. The lowest BCUT2D eigenvalue weighted by atomic mass is 9.97. The average molecular weight is 220 g/mol. The third kappa shape index (κ3) is 2.23. The summed E-state index contributed by atoms with van der Waals surface area (Å²) in [6, 6.07) is 9.93. The van der Waals surface area contributed by atoms with Gasteiger partial charge in [0.05, 0.1) is 6.61 Å². The molecule has 1 heterocycles. The summed E-state index contributed by atoms with van der Waals surface area (Å²) in [5.74, 6) is -0.332. The molecule has 2 rings (SSSR count). The van der Waals surface area contributed by atoms with E-state index in [9.17, 15) is 4.79 Å². The van der Waals surface area contributed by atoms with Gasteiger partial charge in [-0.2, -0.15) is 0 Å². The number of hydrogen-bond donors (Lipinski definition) is 2. The maximum Gasteiger partial charge on any atom is 0.240 e. The fourth-order valence-corrected chi connectivity index (χ4v) is 1.85. The maximum atomic E-state index is 11.4. The van der Waals surface area contributed by atoms with Crippen LogP contribution in [0.1, 0.15) is 12.0 Å². The van der Waals surface area contributed by atoms with Crippen LogP contribution in [-0.2, 0) is 16.1 Å². The number of carbonyl (C=O) groups is 1. The highest BCUT2D eigenvalue weighted by molar-refractivity contribution is 5.85. The van der Waals surface area contributed by atoms with Gasteiger partial charge in [0.2, 0.25) is 5.91 Å². The summed E-state index contributed by atoms with van der Waals surface area (Å²) in [7, 11) is 0. The van der Waals surface area contributed by atoms with Gasteiger partial charge in [0.15, 0.2) is 0 Å². The van der Waals surface area contributed by atoms with E-state index in [1.807, 2.05) is 30.3 Å². The monoisotopic (exact) mass is 220 g/mol. The molecule has 1 aromatic rings. The number of primary amides is 1. The molecule has 16 heavy (non-hydrogen) atoms. The average Bonchev–Trinajstić information content (AvgIpc) is 2.78. The minimum atomic E-state index is -0.685. The first-order chi connectivity index (χ1) is 7.73. The van der Waals surface area contributed by atoms with E-state index in [0.29, 0.717) is 26.2 Å². The molecule has 0 bridgehead atoms. The van der Waals surface area contributed by atoms with Gasteiger partial charge in [0.25, 0.3) is 0 Å². The highest BCUT2D eigenvalue weighted by atomic mass is 16.5. The number of rotatable bonds is 4. The molecule has 0 aliphatic carbocycles. The number of amides is 1. The number of nitrogens with one attached hydrogen (secondary N) is 1. The van der Waals surface area contributed by atoms with E-state index in [-0.39, 0.29) is 5.91 Å². The molecule has 0 spiro atoms. The van der Waals surface area contributed by atoms with Crippen LogP contribution < -0.4 is 11.1 Å². The first kappa shape index (κ1) is 11.1. The normalized spacial score (nSPS) is 24.5. The van der Waals surface area contributed by atoms with Gasteiger partial charge in [0, 0.05) is 19.6 Å². The Bertz CT molecular complexity index is 359. The van der Waals surface area contributed by atoms with Crippen LogP contribution in [0.15, 0.2) is 30.3 Å². The Morgan fingerprint density at radius 3 is 2.75 bits per heavy atom. The predicted molar refractivity (Wildman–Crippen MR) is 60.6 cm³/mol. The molecule has 1 atom stereocenters. The summed E-state index contributed by atoms with van der Waals surface area (Å²) in [4.78, 5) is 11.4. The molecule has 1 aliphatic heterocycles. The minimum absolute atomic E-state index is 0.332. The Labute approximate surface area is 94.8 Å². The van der Waals surface area contributed by atoms with E-state index < -0.39 is 5.54 Å². The highest BCUT2D eigenvalue weighted by Gasteiger charge is 2.40. The van der Waals surface area contributed by atoms with Gasteiger partial charge in [-0.1, -0.05) is 30.3 Å². The zero-order chi connectivity index (χ0) is 11.4. The lowest BCUT2D eigenvalue weighted by Gasteiger charge is -2.25. The van der Waals surface area contributed by atoms with Crippen LogP contribution in [0.3, 0.4) is 0 Å². The van der Waals surface area contributed by atoms with Crippen molar-refractivity contribution in [1.29, 1.82) is 0 Å². The topological polar surface area (TPSA) is 64.4 Å². The third-order valence-electron chi connectivity index (χ3n) is 2.97. The van der Waals surface area contributed by atoms with E-state index in [1.54, 1.807) is 0 Å². The van der Waals surface area contributed by atoms with Crippen molar-refractivity contribution < 1.29 is 9.53 Å². The van der Waals surface area contributed by atoms with Crippen LogP contribution in [0.5, 0.6) is 0 Å². The molecule has 86 valence electrons. The van der Waals surface area contributed by atoms with E-state index in [4.69, 9.17) is 10.5 Å². The Morgan fingerprint density at radius 1 is 1.44 bits per heavy atom. The van der Waals surface area contributed by atoms with Crippen molar-refractivity contribution in [2.45, 2.75) is 18.5 Å². The number of hydrogen-bond acceptors (Lipinski definition) is 3. The van der Waals surface area contributed by atoms with Crippen molar-refractivity contribution in [2.24, 2.45) is 5.73 Å². The third-order valence-corrected chi connectivity index (χ3v) is 2.97. The van der Waals surface area contributed by atoms with Crippen molar-refractivity contribution in [2.75, 3.05) is 13.2 Å². The molecule has 1 amide bonds. The fraction of sp³-hybridized carbons (Fsp3) is 0.417. The number of carbonyl (C=O) groups excluding carboxylic acids is 1. The Kier molecular flexibility index (Phi) is 3.22. The molecular formula is C12H16N2O2. The Balaban J connectivity index is 2.00. The lowest BCUT2D eigenvalue weighted by molar-refractivity contribution is -0.124. The molecule has 1 aliphatic rings. The first-order valence-corrected chi connectivity index (χ1v) is 5.40. The second-order valence-corrected chi connectivity index (χ2v) is 4.09. The molecule has 1 aromatic carbocycles. The standard InChI is InChI=1S/C12H16N2O2/c13-11(15)12(6-7-16-9-12)14-8-10-4-2-1-3-5-10/h1-5,14H,6-9H2,(H2,13,15)/t12-/m1/s1. The van der Waals surface area contributed by atoms with Crippen LogP contribution in [0.4, 0.5) is 0 Å². The smallest absolute Gasteiger partial charge is 0.240 e. The van der Waals surface area contributed by atoms with Gasteiger partial charge in [0.1, 0.15) is 5.54 Å². The number of nitrogens with two attached hydrogens (primary N) is 1. The molecule has 1 fully saturated rings. The Morgan fingerprint density at radius 2 is 2.19 bits per heavy atom. The summed E-state index contributed by atoms with van der Waals surface area (Å²) in [5.41, 5.74) is 5.87. The van der Waals surface area contributed by atoms with E-state index in [2.05, 4.69) is 5.32 Å². The number of benzene rings is 1. The molecule has 0 unspecified atom stereocenters. The van der Waals surface area contributed by atoms with E-state index in [1.165, 1.54) is 0 Å². The second-order valence-electron chi connectivity index (χ2n) is 4.09. The van der Waals surface area contributed by atoms with Crippen molar-refractivity contribution in [3.8, 4) is 0 Å². The van der Waals surface area contributed by atoms with Gasteiger partial charge in [-0.15, -0.1) is 0 Å². The largest absolute Gasteiger partial charge is 0.379 e. The highest BCUT2D eigenvalue weighted by Crippen LogP contribution is 2.18. The summed E-state index contributed by atoms with van der Waals surface area (Å²) < 4.78 is 5.25. The summed E-state index contributed by atoms with van der Waals surface area (Å²) in [5, 5.41) is 3.21. The van der Waals surface area contributed by atoms with E-state index in [0.717, 1.165) is 5.56 Å². The molecular weight excluding hydrogens is 204 g/mol. The quantitative estimate of drug-likeness (QED) is 0.773. The van der Waals surface area contributed by atoms with Crippen molar-refractivity contribution in [1.82, 2.24) is 5.32 Å². The van der Waals surface area contributed by atoms with Gasteiger partial charge >= 0.3 is 0 Å². The van der Waals surface area contributed by atoms with Crippen molar-refractivity contribution in [3.63, 3.8) is 0 Å². The fourth-order valence-electron chi connectivity index (χ4n) is 1.85. The Hall–Kier alpha value is -1.39. The lowest BCUT2D eigenvalue weighted by Crippen LogP contribution is -2.55. The molecule has 0 radical (unpaired) electrons.